The Balaban J connectivity index is 1.33. The van der Waals surface area contributed by atoms with E-state index in [0.717, 1.165) is 30.6 Å². The number of anilines is 1. The molecule has 31 heavy (non-hydrogen) atoms. The van der Waals surface area contributed by atoms with E-state index < -0.39 is 10.0 Å². The molecule has 7 nitrogen and oxygen atoms in total. The highest BCUT2D eigenvalue weighted by Gasteiger charge is 2.26. The number of amides is 1. The van der Waals surface area contributed by atoms with Gasteiger partial charge in [0.1, 0.15) is 5.82 Å². The van der Waals surface area contributed by atoms with Gasteiger partial charge in [-0.1, -0.05) is 30.2 Å². The van der Waals surface area contributed by atoms with E-state index in [9.17, 15) is 13.2 Å². The van der Waals surface area contributed by atoms with Crippen LogP contribution in [0.2, 0.25) is 5.02 Å². The smallest absolute Gasteiger partial charge is 0.243 e. The molecule has 2 aliphatic rings. The molecule has 2 saturated heterocycles. The van der Waals surface area contributed by atoms with Gasteiger partial charge in [0.15, 0.2) is 0 Å². The van der Waals surface area contributed by atoms with Gasteiger partial charge in [0.2, 0.25) is 15.9 Å². The first-order chi connectivity index (χ1) is 14.9. The zero-order chi connectivity index (χ0) is 21.8. The predicted octanol–water partition coefficient (Wildman–Crippen LogP) is 2.80. The molecule has 2 fully saturated rings. The van der Waals surface area contributed by atoms with Gasteiger partial charge in [-0.3, -0.25) is 4.79 Å². The minimum absolute atomic E-state index is 0.0402. The summed E-state index contributed by atoms with van der Waals surface area (Å²) in [5.74, 6) is 0.792. The lowest BCUT2D eigenvalue weighted by Crippen LogP contribution is -2.49. The van der Waals surface area contributed by atoms with Crippen molar-refractivity contribution in [3.8, 4) is 0 Å². The van der Waals surface area contributed by atoms with Gasteiger partial charge in [0.05, 0.1) is 16.3 Å². The number of rotatable bonds is 5. The van der Waals surface area contributed by atoms with E-state index in [1.807, 2.05) is 11.0 Å². The Morgan fingerprint density at radius 1 is 0.935 bits per heavy atom. The summed E-state index contributed by atoms with van der Waals surface area (Å²) in [6.07, 6.45) is 4.87. The van der Waals surface area contributed by atoms with Crippen molar-refractivity contribution in [1.82, 2.24) is 14.2 Å². The van der Waals surface area contributed by atoms with Crippen LogP contribution in [0.15, 0.2) is 47.5 Å². The zero-order valence-corrected chi connectivity index (χ0v) is 19.0. The molecule has 0 saturated carbocycles. The number of nitrogens with zero attached hydrogens (tertiary/aromatic N) is 4. The average molecular weight is 463 g/mol. The summed E-state index contributed by atoms with van der Waals surface area (Å²) in [6.45, 7) is 3.72. The van der Waals surface area contributed by atoms with E-state index >= 15 is 0 Å². The number of halogens is 1. The molecule has 0 atom stereocenters. The highest BCUT2D eigenvalue weighted by atomic mass is 35.5. The summed E-state index contributed by atoms with van der Waals surface area (Å²) >= 11 is 6.23. The summed E-state index contributed by atoms with van der Waals surface area (Å²) in [5.41, 5.74) is 0.817. The zero-order valence-electron chi connectivity index (χ0n) is 17.4. The predicted molar refractivity (Wildman–Crippen MR) is 121 cm³/mol. The van der Waals surface area contributed by atoms with Gasteiger partial charge in [-0.25, -0.2) is 13.4 Å². The number of sulfonamides is 1. The van der Waals surface area contributed by atoms with Crippen molar-refractivity contribution >= 4 is 33.3 Å². The first-order valence-corrected chi connectivity index (χ1v) is 12.5. The van der Waals surface area contributed by atoms with Crippen molar-refractivity contribution in [2.24, 2.45) is 0 Å². The second-order valence-electron chi connectivity index (χ2n) is 7.96. The second kappa shape index (κ2) is 9.54. The molecule has 9 heteroatoms. The number of piperazine rings is 1. The van der Waals surface area contributed by atoms with Gasteiger partial charge in [0, 0.05) is 45.5 Å². The van der Waals surface area contributed by atoms with Crippen LogP contribution in [0.3, 0.4) is 0 Å². The number of benzene rings is 1. The largest absolute Gasteiger partial charge is 0.352 e. The minimum atomic E-state index is -3.45. The third-order valence-corrected chi connectivity index (χ3v) is 8.11. The van der Waals surface area contributed by atoms with Crippen molar-refractivity contribution in [3.05, 3.63) is 53.2 Å². The topological polar surface area (TPSA) is 73.8 Å². The number of carbonyl (C=O) groups excluding carboxylic acids is 1. The molecule has 0 aliphatic carbocycles. The van der Waals surface area contributed by atoms with E-state index in [4.69, 9.17) is 11.6 Å². The maximum atomic E-state index is 12.8. The van der Waals surface area contributed by atoms with Crippen LogP contribution < -0.4 is 4.90 Å². The van der Waals surface area contributed by atoms with Crippen LogP contribution in [0.4, 0.5) is 5.82 Å². The van der Waals surface area contributed by atoms with Crippen molar-refractivity contribution in [3.63, 3.8) is 0 Å². The number of aromatic nitrogens is 1. The van der Waals surface area contributed by atoms with Crippen LogP contribution in [0, 0.1) is 0 Å². The van der Waals surface area contributed by atoms with Gasteiger partial charge in [-0.05, 0) is 42.7 Å². The van der Waals surface area contributed by atoms with Gasteiger partial charge < -0.3 is 9.80 Å². The highest BCUT2D eigenvalue weighted by molar-refractivity contribution is 7.89. The van der Waals surface area contributed by atoms with Crippen LogP contribution in [-0.4, -0.2) is 67.8 Å². The molecule has 0 N–H and O–H groups in total. The van der Waals surface area contributed by atoms with Gasteiger partial charge >= 0.3 is 0 Å². The van der Waals surface area contributed by atoms with E-state index in [0.29, 0.717) is 49.2 Å². The number of piperidine rings is 1. The van der Waals surface area contributed by atoms with E-state index in [2.05, 4.69) is 9.88 Å². The Kier molecular flexibility index (Phi) is 6.79. The summed E-state index contributed by atoms with van der Waals surface area (Å²) in [6, 6.07) is 10.4. The summed E-state index contributed by atoms with van der Waals surface area (Å²) in [5, 5.41) is 0.613. The minimum Gasteiger partial charge on any atom is -0.352 e. The Hall–Kier alpha value is -2.16. The third-order valence-electron chi connectivity index (χ3n) is 5.90. The van der Waals surface area contributed by atoms with Gasteiger partial charge in [-0.2, -0.15) is 4.31 Å². The molecule has 4 rings (SSSR count). The van der Waals surface area contributed by atoms with Crippen LogP contribution in [0.25, 0.3) is 0 Å². The number of hydrogen-bond donors (Lipinski definition) is 0. The normalized spacial score (nSPS) is 18.2. The molecule has 0 radical (unpaired) electrons. The standard InChI is InChI=1S/C22H27ClN4O3S/c23-20-5-4-10-24-22(20)26-15-13-25(14-16-26)21(28)17-18-6-8-19(9-7-18)31(29,30)27-11-2-1-3-12-27/h4-10H,1-3,11-17H2. The number of pyridine rings is 1. The van der Waals surface area contributed by atoms with Crippen LogP contribution >= 0.6 is 11.6 Å². The molecular weight excluding hydrogens is 436 g/mol. The molecule has 1 amide bonds. The van der Waals surface area contributed by atoms with Gasteiger partial charge in [-0.15, -0.1) is 0 Å². The fourth-order valence-corrected chi connectivity index (χ4v) is 5.86. The Bertz CT molecular complexity index is 1020. The first kappa shape index (κ1) is 22.0. The fraction of sp³-hybridized carbons (Fsp3) is 0.455. The van der Waals surface area contributed by atoms with Gasteiger partial charge in [0.25, 0.3) is 0 Å². The van der Waals surface area contributed by atoms with Crippen molar-refractivity contribution < 1.29 is 13.2 Å². The number of carbonyl (C=O) groups is 1. The Morgan fingerprint density at radius 2 is 1.61 bits per heavy atom. The quantitative estimate of drug-likeness (QED) is 0.683. The molecule has 2 aromatic rings. The first-order valence-electron chi connectivity index (χ1n) is 10.7. The van der Waals surface area contributed by atoms with Crippen LogP contribution in [-0.2, 0) is 21.2 Å². The van der Waals surface area contributed by atoms with Crippen molar-refractivity contribution in [1.29, 1.82) is 0 Å². The molecule has 1 aromatic heterocycles. The third kappa shape index (κ3) is 5.02. The highest BCUT2D eigenvalue weighted by Crippen LogP contribution is 2.24. The summed E-state index contributed by atoms with van der Waals surface area (Å²) in [4.78, 5) is 21.3. The lowest BCUT2D eigenvalue weighted by atomic mass is 10.1. The molecule has 1 aromatic carbocycles. The molecular formula is C22H27ClN4O3S. The molecule has 0 unspecified atom stereocenters. The lowest BCUT2D eigenvalue weighted by Gasteiger charge is -2.35. The molecule has 166 valence electrons. The summed E-state index contributed by atoms with van der Waals surface area (Å²) < 4.78 is 27.1. The molecule has 2 aliphatic heterocycles. The Labute approximate surface area is 188 Å². The van der Waals surface area contributed by atoms with Crippen molar-refractivity contribution in [2.75, 3.05) is 44.2 Å². The van der Waals surface area contributed by atoms with Crippen LogP contribution in [0.1, 0.15) is 24.8 Å². The summed E-state index contributed by atoms with van der Waals surface area (Å²) in [7, 11) is -3.45. The average Bonchev–Trinajstić information content (AvgIpc) is 2.80. The molecule has 3 heterocycles. The molecule has 0 spiro atoms. The fourth-order valence-electron chi connectivity index (χ4n) is 4.10. The second-order valence-corrected chi connectivity index (χ2v) is 10.3. The lowest BCUT2D eigenvalue weighted by molar-refractivity contribution is -0.130. The SMILES string of the molecule is O=C(Cc1ccc(S(=O)(=O)N2CCCCC2)cc1)N1CCN(c2ncccc2Cl)CC1. The van der Waals surface area contributed by atoms with E-state index in [1.165, 1.54) is 0 Å². The Morgan fingerprint density at radius 3 is 2.26 bits per heavy atom. The van der Waals surface area contributed by atoms with Crippen LogP contribution in [0.5, 0.6) is 0 Å². The maximum Gasteiger partial charge on any atom is 0.243 e. The monoisotopic (exact) mass is 462 g/mol. The van der Waals surface area contributed by atoms with Crippen molar-refractivity contribution in [2.45, 2.75) is 30.6 Å². The van der Waals surface area contributed by atoms with E-state index in [-0.39, 0.29) is 12.3 Å². The van der Waals surface area contributed by atoms with E-state index in [1.54, 1.807) is 40.8 Å². The number of hydrogen-bond acceptors (Lipinski definition) is 5. The maximum absolute atomic E-state index is 12.8. The molecule has 0 bridgehead atoms.